The number of nitrogens with zero attached hydrogens (tertiary/aromatic N) is 2. The molecule has 0 amide bonds. The van der Waals surface area contributed by atoms with E-state index < -0.39 is 0 Å². The Hall–Kier alpha value is -7.16. The maximum atomic E-state index is 4.89. The fourth-order valence-electron chi connectivity index (χ4n) is 7.42. The molecular formula is C52H36N2. The highest BCUT2D eigenvalue weighted by Crippen LogP contribution is 2.39. The molecule has 2 nitrogen and oxygen atoms in total. The molecule has 0 unspecified atom stereocenters. The third-order valence-electron chi connectivity index (χ3n) is 9.99. The van der Waals surface area contributed by atoms with Crippen molar-refractivity contribution in [3.63, 3.8) is 0 Å². The Balaban J connectivity index is 1.20. The van der Waals surface area contributed by atoms with E-state index in [4.69, 9.17) is 9.97 Å². The maximum Gasteiger partial charge on any atom is 0.0714 e. The van der Waals surface area contributed by atoms with Gasteiger partial charge in [0.2, 0.25) is 0 Å². The fourth-order valence-corrected chi connectivity index (χ4v) is 7.42. The third kappa shape index (κ3) is 6.65. The molecule has 0 atom stereocenters. The summed E-state index contributed by atoms with van der Waals surface area (Å²) >= 11 is 0. The zero-order valence-corrected chi connectivity index (χ0v) is 29.7. The van der Waals surface area contributed by atoms with Crippen LogP contribution in [0.25, 0.3) is 89.9 Å². The van der Waals surface area contributed by atoms with Crippen LogP contribution in [0, 0.1) is 0 Å². The number of hydrogen-bond donors (Lipinski definition) is 0. The predicted molar refractivity (Wildman–Crippen MR) is 228 cm³/mol. The molecule has 54 heavy (non-hydrogen) atoms. The van der Waals surface area contributed by atoms with Crippen LogP contribution < -0.4 is 0 Å². The highest BCUT2D eigenvalue weighted by atomic mass is 14.7. The normalized spacial score (nSPS) is 11.3. The number of aromatic nitrogens is 2. The van der Waals surface area contributed by atoms with Crippen LogP contribution in [0.15, 0.2) is 207 Å². The number of rotatable bonds is 8. The summed E-state index contributed by atoms with van der Waals surface area (Å²) in [6.45, 7) is 0. The highest BCUT2D eigenvalue weighted by molar-refractivity contribution is 6.03. The summed E-state index contributed by atoms with van der Waals surface area (Å²) in [7, 11) is 0. The lowest BCUT2D eigenvalue weighted by Crippen LogP contribution is -1.91. The topological polar surface area (TPSA) is 25.8 Å². The molecular weight excluding hydrogens is 653 g/mol. The van der Waals surface area contributed by atoms with Crippen LogP contribution in [0.1, 0.15) is 11.1 Å². The van der Waals surface area contributed by atoms with Gasteiger partial charge in [-0.3, -0.25) is 9.97 Å². The summed E-state index contributed by atoms with van der Waals surface area (Å²) < 4.78 is 0. The molecule has 9 rings (SSSR count). The number of benzene rings is 7. The van der Waals surface area contributed by atoms with Gasteiger partial charge < -0.3 is 0 Å². The highest BCUT2D eigenvalue weighted by Gasteiger charge is 2.14. The van der Waals surface area contributed by atoms with E-state index in [0.29, 0.717) is 0 Å². The second-order valence-corrected chi connectivity index (χ2v) is 13.4. The van der Waals surface area contributed by atoms with E-state index in [0.717, 1.165) is 44.6 Å². The van der Waals surface area contributed by atoms with Crippen LogP contribution in [-0.4, -0.2) is 9.97 Å². The van der Waals surface area contributed by atoms with Crippen molar-refractivity contribution in [2.75, 3.05) is 0 Å². The Kier molecular flexibility index (Phi) is 8.99. The molecule has 7 aromatic carbocycles. The minimum absolute atomic E-state index is 0.939. The smallest absolute Gasteiger partial charge is 0.0714 e. The van der Waals surface area contributed by atoms with E-state index in [-0.39, 0.29) is 0 Å². The minimum Gasteiger partial charge on any atom is -0.256 e. The van der Waals surface area contributed by atoms with Crippen molar-refractivity contribution in [1.82, 2.24) is 9.97 Å². The first-order chi connectivity index (χ1) is 26.8. The van der Waals surface area contributed by atoms with Crippen molar-refractivity contribution in [1.29, 1.82) is 0 Å². The monoisotopic (exact) mass is 688 g/mol. The Bertz CT molecular complexity index is 2740. The Labute approximate surface area is 316 Å². The molecule has 0 aliphatic heterocycles. The van der Waals surface area contributed by atoms with Gasteiger partial charge in [-0.15, -0.1) is 0 Å². The first kappa shape index (κ1) is 32.7. The maximum absolute atomic E-state index is 4.89. The molecule has 9 aromatic rings. The molecule has 2 heteroatoms. The molecule has 0 aliphatic rings. The van der Waals surface area contributed by atoms with E-state index in [1.807, 2.05) is 30.6 Å². The van der Waals surface area contributed by atoms with Crippen LogP contribution in [0.5, 0.6) is 0 Å². The van der Waals surface area contributed by atoms with Gasteiger partial charge in [-0.25, -0.2) is 0 Å². The van der Waals surface area contributed by atoms with Gasteiger partial charge in [0.1, 0.15) is 0 Å². The second kappa shape index (κ2) is 14.8. The summed E-state index contributed by atoms with van der Waals surface area (Å²) in [5.74, 6) is 0. The molecule has 0 bridgehead atoms. The Morgan fingerprint density at radius 2 is 0.852 bits per heavy atom. The quantitative estimate of drug-likeness (QED) is 0.149. The van der Waals surface area contributed by atoms with Gasteiger partial charge in [-0.2, -0.15) is 0 Å². The zero-order chi connectivity index (χ0) is 36.1. The van der Waals surface area contributed by atoms with Crippen molar-refractivity contribution in [2.45, 2.75) is 0 Å². The van der Waals surface area contributed by atoms with Gasteiger partial charge in [0.25, 0.3) is 0 Å². The van der Waals surface area contributed by atoms with Gasteiger partial charge in [-0.1, -0.05) is 158 Å². The molecule has 254 valence electrons. The molecule has 0 aliphatic carbocycles. The van der Waals surface area contributed by atoms with Gasteiger partial charge in [0, 0.05) is 23.5 Å². The Morgan fingerprint density at radius 1 is 0.333 bits per heavy atom. The largest absolute Gasteiger partial charge is 0.256 e. The Morgan fingerprint density at radius 3 is 1.46 bits per heavy atom. The summed E-state index contributed by atoms with van der Waals surface area (Å²) in [5, 5.41) is 2.33. The molecule has 0 N–H and O–H groups in total. The number of pyridine rings is 2. The minimum atomic E-state index is 0.939. The SMILES string of the molecule is C(=Cc1ccc2ccc(-c3ccccc3-c3ccccc3)cc2c1-c1ccccn1)c1cc(-c2ccccn2)cc(-c2ccccc2-c2ccccc2)c1. The second-order valence-electron chi connectivity index (χ2n) is 13.4. The van der Waals surface area contributed by atoms with Crippen molar-refractivity contribution < 1.29 is 0 Å². The predicted octanol–water partition coefficient (Wildman–Crippen LogP) is 13.8. The zero-order valence-electron chi connectivity index (χ0n) is 29.7. The first-order valence-corrected chi connectivity index (χ1v) is 18.3. The van der Waals surface area contributed by atoms with E-state index in [9.17, 15) is 0 Å². The van der Waals surface area contributed by atoms with Crippen molar-refractivity contribution >= 4 is 22.9 Å². The van der Waals surface area contributed by atoms with Crippen LogP contribution >= 0.6 is 0 Å². The summed E-state index contributed by atoms with van der Waals surface area (Å²) in [6.07, 6.45) is 8.20. The van der Waals surface area contributed by atoms with Crippen molar-refractivity contribution in [2.24, 2.45) is 0 Å². The van der Waals surface area contributed by atoms with E-state index in [1.54, 1.807) is 0 Å². The average Bonchev–Trinajstić information content (AvgIpc) is 3.26. The van der Waals surface area contributed by atoms with Crippen LogP contribution in [-0.2, 0) is 0 Å². The number of hydrogen-bond acceptors (Lipinski definition) is 2. The fraction of sp³-hybridized carbons (Fsp3) is 0. The van der Waals surface area contributed by atoms with Crippen LogP contribution in [0.2, 0.25) is 0 Å². The molecule has 0 radical (unpaired) electrons. The molecule has 0 saturated heterocycles. The number of fused-ring (bicyclic) bond motifs is 1. The summed E-state index contributed by atoms with van der Waals surface area (Å²) in [5.41, 5.74) is 15.7. The van der Waals surface area contributed by atoms with Crippen molar-refractivity contribution in [3.05, 3.63) is 218 Å². The van der Waals surface area contributed by atoms with Gasteiger partial charge in [0.05, 0.1) is 11.4 Å². The standard InChI is InChI=1S/C52H36N2/c1-3-15-38(16-4-1)45-19-7-9-21-47(45)42-30-28-40-27-29-41(52(49(40)36-42)51-24-12-14-32-54-51)26-25-37-33-43(35-44(34-37)50-23-11-13-31-53-50)48-22-10-8-20-46(48)39-17-5-2-6-18-39/h1-36H. The molecule has 0 spiro atoms. The van der Waals surface area contributed by atoms with Crippen LogP contribution in [0.4, 0.5) is 0 Å². The summed E-state index contributed by atoms with van der Waals surface area (Å²) in [6, 6.07) is 68.8. The van der Waals surface area contributed by atoms with Crippen molar-refractivity contribution in [3.8, 4) is 67.0 Å². The lowest BCUT2D eigenvalue weighted by atomic mass is 9.90. The summed E-state index contributed by atoms with van der Waals surface area (Å²) in [4.78, 5) is 9.62. The molecule has 0 saturated carbocycles. The van der Waals surface area contributed by atoms with Gasteiger partial charge in [-0.05, 0) is 115 Å². The van der Waals surface area contributed by atoms with Gasteiger partial charge >= 0.3 is 0 Å². The van der Waals surface area contributed by atoms with E-state index >= 15 is 0 Å². The van der Waals surface area contributed by atoms with Gasteiger partial charge in [0.15, 0.2) is 0 Å². The average molecular weight is 689 g/mol. The molecule has 2 heterocycles. The lowest BCUT2D eigenvalue weighted by molar-refractivity contribution is 1.32. The molecule has 2 aromatic heterocycles. The van der Waals surface area contributed by atoms with E-state index in [2.05, 4.69) is 188 Å². The van der Waals surface area contributed by atoms with E-state index in [1.165, 1.54) is 44.3 Å². The third-order valence-corrected chi connectivity index (χ3v) is 9.99. The molecule has 0 fully saturated rings. The first-order valence-electron chi connectivity index (χ1n) is 18.3. The lowest BCUT2D eigenvalue weighted by Gasteiger charge is -2.15. The van der Waals surface area contributed by atoms with Crippen LogP contribution in [0.3, 0.4) is 0 Å².